The molecule has 0 radical (unpaired) electrons. The van der Waals surface area contributed by atoms with Crippen LogP contribution >= 0.6 is 0 Å². The lowest BCUT2D eigenvalue weighted by atomic mass is 9.93. The third-order valence-corrected chi connectivity index (χ3v) is 4.26. The fraction of sp³-hybridized carbons (Fsp3) is 0.588. The molecule has 0 unspecified atom stereocenters. The molecule has 1 heterocycles. The maximum Gasteiger partial charge on any atom is 0.112 e. The molecule has 4 nitrogen and oxygen atoms in total. The molecule has 1 saturated carbocycles. The van der Waals surface area contributed by atoms with Gasteiger partial charge in [0.15, 0.2) is 0 Å². The van der Waals surface area contributed by atoms with Gasteiger partial charge >= 0.3 is 0 Å². The number of H-pyrrole nitrogens is 1. The first-order chi connectivity index (χ1) is 9.91. The first kappa shape index (κ1) is 14.4. The number of aliphatic hydroxyl groups excluding tert-OH is 1. The van der Waals surface area contributed by atoms with Gasteiger partial charge in [0, 0.05) is 17.1 Å². The summed E-state index contributed by atoms with van der Waals surface area (Å²) in [5, 5.41) is 13.2. The molecule has 4 heteroatoms. The fourth-order valence-corrected chi connectivity index (χ4v) is 2.91. The van der Waals surface area contributed by atoms with Crippen molar-refractivity contribution in [1.29, 1.82) is 0 Å². The molecule has 3 N–H and O–H groups in total. The predicted molar refractivity (Wildman–Crippen MR) is 86.7 cm³/mol. The van der Waals surface area contributed by atoms with Gasteiger partial charge in [-0.15, -0.1) is 0 Å². The Morgan fingerprint density at radius 3 is 2.57 bits per heavy atom. The number of rotatable bonds is 2. The van der Waals surface area contributed by atoms with E-state index in [0.29, 0.717) is 6.04 Å². The van der Waals surface area contributed by atoms with Crippen molar-refractivity contribution in [1.82, 2.24) is 9.97 Å². The van der Waals surface area contributed by atoms with E-state index in [2.05, 4.69) is 54.3 Å². The maximum absolute atomic E-state index is 9.57. The van der Waals surface area contributed by atoms with E-state index in [1.807, 2.05) is 0 Å². The third kappa shape index (κ3) is 3.21. The Bertz CT molecular complexity index is 618. The van der Waals surface area contributed by atoms with Crippen LogP contribution in [0.3, 0.4) is 0 Å². The lowest BCUT2D eigenvalue weighted by molar-refractivity contribution is 0.126. The van der Waals surface area contributed by atoms with Gasteiger partial charge in [-0.25, -0.2) is 4.98 Å². The summed E-state index contributed by atoms with van der Waals surface area (Å²) in [7, 11) is 0. The highest BCUT2D eigenvalue weighted by Crippen LogP contribution is 2.26. The van der Waals surface area contributed by atoms with Gasteiger partial charge in [0.1, 0.15) is 5.82 Å². The number of aromatic nitrogens is 2. The molecule has 0 aliphatic heterocycles. The Balaban J connectivity index is 1.78. The van der Waals surface area contributed by atoms with Gasteiger partial charge in [0.05, 0.1) is 17.1 Å². The van der Waals surface area contributed by atoms with Gasteiger partial charge in [0.25, 0.3) is 0 Å². The Labute approximate surface area is 126 Å². The third-order valence-electron chi connectivity index (χ3n) is 4.26. The van der Waals surface area contributed by atoms with E-state index < -0.39 is 0 Å². The molecule has 1 aromatic carbocycles. The van der Waals surface area contributed by atoms with Crippen molar-refractivity contribution in [2.45, 2.75) is 64.0 Å². The number of nitrogens with zero attached hydrogens (tertiary/aromatic N) is 1. The number of anilines is 1. The van der Waals surface area contributed by atoms with Crippen LogP contribution in [0.5, 0.6) is 0 Å². The zero-order valence-corrected chi connectivity index (χ0v) is 13.1. The van der Waals surface area contributed by atoms with Gasteiger partial charge in [-0.2, -0.15) is 0 Å². The van der Waals surface area contributed by atoms with Crippen molar-refractivity contribution < 1.29 is 5.11 Å². The summed E-state index contributed by atoms with van der Waals surface area (Å²) < 4.78 is 0. The zero-order chi connectivity index (χ0) is 15.0. The van der Waals surface area contributed by atoms with E-state index in [4.69, 9.17) is 0 Å². The molecule has 21 heavy (non-hydrogen) atoms. The Hall–Kier alpha value is -1.55. The number of nitrogens with one attached hydrogen (secondary N) is 2. The van der Waals surface area contributed by atoms with E-state index in [1.54, 1.807) is 0 Å². The Morgan fingerprint density at radius 2 is 1.90 bits per heavy atom. The highest BCUT2D eigenvalue weighted by molar-refractivity contribution is 5.79. The summed E-state index contributed by atoms with van der Waals surface area (Å²) in [5.41, 5.74) is 3.27. The predicted octanol–water partition coefficient (Wildman–Crippen LogP) is 3.58. The number of hydrogen-bond acceptors (Lipinski definition) is 3. The number of aromatic amines is 1. The van der Waals surface area contributed by atoms with Crippen LogP contribution in [-0.4, -0.2) is 27.2 Å². The average molecular weight is 287 g/mol. The van der Waals surface area contributed by atoms with Gasteiger partial charge in [0.2, 0.25) is 0 Å². The van der Waals surface area contributed by atoms with Gasteiger partial charge in [-0.05, 0) is 43.9 Å². The van der Waals surface area contributed by atoms with Crippen LogP contribution < -0.4 is 5.32 Å². The van der Waals surface area contributed by atoms with E-state index in [9.17, 15) is 5.11 Å². The van der Waals surface area contributed by atoms with E-state index in [-0.39, 0.29) is 11.5 Å². The average Bonchev–Trinajstić information content (AvgIpc) is 2.84. The largest absolute Gasteiger partial charge is 0.393 e. The molecule has 0 amide bonds. The fourth-order valence-electron chi connectivity index (χ4n) is 2.91. The number of hydrogen-bond donors (Lipinski definition) is 3. The number of fused-ring (bicyclic) bond motifs is 1. The summed E-state index contributed by atoms with van der Waals surface area (Å²) in [5.74, 6) is 1.02. The van der Waals surface area contributed by atoms with Crippen LogP contribution in [0.1, 0.15) is 52.3 Å². The molecule has 1 aliphatic rings. The molecule has 0 atom stereocenters. The lowest BCUT2D eigenvalue weighted by Crippen LogP contribution is -2.28. The summed E-state index contributed by atoms with van der Waals surface area (Å²) in [6.07, 6.45) is 3.77. The molecule has 1 aromatic heterocycles. The minimum absolute atomic E-state index is 0.0338. The second-order valence-corrected chi connectivity index (χ2v) is 7.22. The lowest BCUT2D eigenvalue weighted by Gasteiger charge is -2.27. The number of aliphatic hydroxyl groups is 1. The van der Waals surface area contributed by atoms with Crippen LogP contribution in [0.25, 0.3) is 11.0 Å². The SMILES string of the molecule is CC(C)(C)c1nc2ccc(NC3CCC(O)CC3)cc2[nH]1. The standard InChI is InChI=1S/C17H25N3O/c1-17(2,3)16-19-14-9-6-12(10-15(14)20-16)18-11-4-7-13(21)8-5-11/h6,9-11,13,18,21H,4-5,7-8H2,1-3H3,(H,19,20). The van der Waals surface area contributed by atoms with E-state index in [1.165, 1.54) is 0 Å². The molecule has 2 aromatic rings. The highest BCUT2D eigenvalue weighted by Gasteiger charge is 2.20. The second-order valence-electron chi connectivity index (χ2n) is 7.22. The molecule has 3 rings (SSSR count). The first-order valence-electron chi connectivity index (χ1n) is 7.87. The van der Waals surface area contributed by atoms with Crippen LogP contribution in [0.2, 0.25) is 0 Å². The smallest absolute Gasteiger partial charge is 0.112 e. The molecule has 1 fully saturated rings. The highest BCUT2D eigenvalue weighted by atomic mass is 16.3. The molecule has 0 saturated heterocycles. The van der Waals surface area contributed by atoms with Crippen molar-refractivity contribution in [2.24, 2.45) is 0 Å². The maximum atomic E-state index is 9.57. The van der Waals surface area contributed by atoms with Gasteiger partial charge in [-0.3, -0.25) is 0 Å². The Morgan fingerprint density at radius 1 is 1.19 bits per heavy atom. The normalized spacial score (nSPS) is 23.4. The molecular weight excluding hydrogens is 262 g/mol. The molecule has 0 bridgehead atoms. The van der Waals surface area contributed by atoms with Crippen molar-refractivity contribution in [3.05, 3.63) is 24.0 Å². The van der Waals surface area contributed by atoms with E-state index >= 15 is 0 Å². The van der Waals surface area contributed by atoms with Crippen molar-refractivity contribution in [3.8, 4) is 0 Å². The van der Waals surface area contributed by atoms with Crippen LogP contribution in [0, 0.1) is 0 Å². The number of imidazole rings is 1. The summed E-state index contributed by atoms with van der Waals surface area (Å²) in [6.45, 7) is 6.49. The minimum Gasteiger partial charge on any atom is -0.393 e. The quantitative estimate of drug-likeness (QED) is 0.791. The van der Waals surface area contributed by atoms with Crippen LogP contribution in [0.4, 0.5) is 5.69 Å². The van der Waals surface area contributed by atoms with Crippen LogP contribution in [0.15, 0.2) is 18.2 Å². The van der Waals surface area contributed by atoms with Crippen molar-refractivity contribution in [3.63, 3.8) is 0 Å². The van der Waals surface area contributed by atoms with Gasteiger partial charge in [-0.1, -0.05) is 20.8 Å². The summed E-state index contributed by atoms with van der Waals surface area (Å²) in [4.78, 5) is 8.09. The zero-order valence-electron chi connectivity index (χ0n) is 13.1. The monoisotopic (exact) mass is 287 g/mol. The molecule has 0 spiro atoms. The molecular formula is C17H25N3O. The van der Waals surface area contributed by atoms with Crippen LogP contribution in [-0.2, 0) is 5.41 Å². The second kappa shape index (κ2) is 5.34. The van der Waals surface area contributed by atoms with Gasteiger partial charge < -0.3 is 15.4 Å². The minimum atomic E-state index is -0.104. The summed E-state index contributed by atoms with van der Waals surface area (Å²) >= 11 is 0. The summed E-state index contributed by atoms with van der Waals surface area (Å²) in [6, 6.07) is 6.78. The van der Waals surface area contributed by atoms with Crippen molar-refractivity contribution in [2.75, 3.05) is 5.32 Å². The molecule has 114 valence electrons. The van der Waals surface area contributed by atoms with Crippen molar-refractivity contribution >= 4 is 16.7 Å². The first-order valence-corrected chi connectivity index (χ1v) is 7.87. The topological polar surface area (TPSA) is 60.9 Å². The Kier molecular flexibility index (Phi) is 3.66. The number of benzene rings is 1. The van der Waals surface area contributed by atoms with E-state index in [0.717, 1.165) is 48.2 Å². The molecule has 1 aliphatic carbocycles.